The largest absolute Gasteiger partial charge is 0.417 e. The normalized spacial score (nSPS) is 16.9. The van der Waals surface area contributed by atoms with E-state index < -0.39 is 20.5 Å². The molecular weight excluding hydrogens is 624 g/mol. The van der Waals surface area contributed by atoms with Crippen molar-refractivity contribution in [3.63, 3.8) is 0 Å². The lowest BCUT2D eigenvalue weighted by Gasteiger charge is -2.43. The van der Waals surface area contributed by atoms with Gasteiger partial charge in [-0.1, -0.05) is 97.0 Å². The molecule has 8 heteroatoms. The number of nitrogens with zero attached hydrogens (tertiary/aromatic N) is 3. The highest BCUT2D eigenvalue weighted by atomic mass is 28.3. The molecule has 0 saturated carbocycles. The average Bonchev–Trinajstić information content (AvgIpc) is 3.06. The molecule has 4 aromatic carbocycles. The number of hydrogen-bond donors (Lipinski definition) is 1. The zero-order valence-corrected chi connectivity index (χ0v) is 28.6. The number of hydrogen-bond acceptors (Lipinski definition) is 4. The van der Waals surface area contributed by atoms with Gasteiger partial charge in [0.15, 0.2) is 0 Å². The van der Waals surface area contributed by atoms with Crippen LogP contribution in [0.2, 0.25) is 5.04 Å². The first-order valence-electron chi connectivity index (χ1n) is 16.9. The number of halogens is 3. The number of benzene rings is 4. The summed E-state index contributed by atoms with van der Waals surface area (Å²) in [4.78, 5) is 4.36. The molecule has 2 fully saturated rings. The zero-order valence-electron chi connectivity index (χ0n) is 27.6. The van der Waals surface area contributed by atoms with Crippen LogP contribution in [0, 0.1) is 17.2 Å². The number of alkyl halides is 3. The second-order valence-corrected chi connectivity index (χ2v) is 17.3. The van der Waals surface area contributed by atoms with E-state index in [1.807, 2.05) is 4.90 Å². The van der Waals surface area contributed by atoms with Crippen LogP contribution in [0.5, 0.6) is 0 Å². The summed E-state index contributed by atoms with van der Waals surface area (Å²) in [6, 6.07) is 36.0. The van der Waals surface area contributed by atoms with Crippen LogP contribution in [0.3, 0.4) is 0 Å². The van der Waals surface area contributed by atoms with Crippen molar-refractivity contribution in [3.8, 4) is 6.07 Å². The maximum Gasteiger partial charge on any atom is 0.417 e. The number of aliphatic hydroxyl groups excluding tert-OH is 1. The molecule has 4 nitrogen and oxygen atoms in total. The molecular formula is C40H43F3N3OSi. The minimum absolute atomic E-state index is 0.0315. The standard InChI is InChI=1S/C40H43F3N3OSi/c1-39(2,48(36-9-5-3-6-10-36)37-11-7-4-8-12-37)25-35(47)23-29-27-46(28-29)33-16-13-30(14-17-33)31-19-21-45(22-20-31)34-18-15-32(26-44)38(24-34)40(41,42)43/h3-18,24,29,31,35,47H,19-23,25,27-28H2,1-2H3. The van der Waals surface area contributed by atoms with E-state index in [-0.39, 0.29) is 16.7 Å². The molecule has 0 spiro atoms. The van der Waals surface area contributed by atoms with Gasteiger partial charge in [-0.15, -0.1) is 0 Å². The van der Waals surface area contributed by atoms with Crippen molar-refractivity contribution >= 4 is 30.5 Å². The lowest BCUT2D eigenvalue weighted by Crippen LogP contribution is -2.51. The molecule has 0 bridgehead atoms. The van der Waals surface area contributed by atoms with Gasteiger partial charge in [0.25, 0.3) is 0 Å². The Balaban J connectivity index is 0.997. The summed E-state index contributed by atoms with van der Waals surface area (Å²) in [5.41, 5.74) is 1.76. The molecule has 0 aliphatic carbocycles. The fraction of sp³-hybridized carbons (Fsp3) is 0.375. The molecule has 1 radical (unpaired) electrons. The maximum absolute atomic E-state index is 13.5. The van der Waals surface area contributed by atoms with E-state index in [1.165, 1.54) is 27.7 Å². The van der Waals surface area contributed by atoms with Gasteiger partial charge in [-0.05, 0) is 78.5 Å². The van der Waals surface area contributed by atoms with Gasteiger partial charge in [0.2, 0.25) is 0 Å². The SMILES string of the molecule is CC(C)(CC(O)CC1CN(c2ccc(C3CCN(c4ccc(C#N)c(C(F)(F)F)c4)CC3)cc2)C1)[Si](c1ccccc1)c1ccccc1. The van der Waals surface area contributed by atoms with Crippen LogP contribution in [0.4, 0.5) is 24.5 Å². The van der Waals surface area contributed by atoms with Gasteiger partial charge in [0.1, 0.15) is 8.80 Å². The van der Waals surface area contributed by atoms with Crippen molar-refractivity contribution in [2.75, 3.05) is 36.0 Å². The fourth-order valence-corrected chi connectivity index (χ4v) is 11.1. The molecule has 2 heterocycles. The summed E-state index contributed by atoms with van der Waals surface area (Å²) in [6.07, 6.45) is -1.61. The van der Waals surface area contributed by atoms with E-state index in [0.29, 0.717) is 30.6 Å². The molecule has 1 unspecified atom stereocenters. The van der Waals surface area contributed by atoms with E-state index in [0.717, 1.165) is 44.8 Å². The van der Waals surface area contributed by atoms with Crippen LogP contribution in [0.1, 0.15) is 62.1 Å². The van der Waals surface area contributed by atoms with E-state index in [9.17, 15) is 18.3 Å². The van der Waals surface area contributed by atoms with Crippen molar-refractivity contribution < 1.29 is 18.3 Å². The van der Waals surface area contributed by atoms with E-state index in [1.54, 1.807) is 12.1 Å². The summed E-state index contributed by atoms with van der Waals surface area (Å²) < 4.78 is 40.4. The molecule has 2 saturated heterocycles. The van der Waals surface area contributed by atoms with Crippen molar-refractivity contribution in [3.05, 3.63) is 120 Å². The first-order chi connectivity index (χ1) is 23.0. The fourth-order valence-electron chi connectivity index (χ4n) is 7.74. The molecule has 0 aromatic heterocycles. The topological polar surface area (TPSA) is 50.5 Å². The van der Waals surface area contributed by atoms with E-state index in [4.69, 9.17) is 5.26 Å². The second kappa shape index (κ2) is 14.2. The van der Waals surface area contributed by atoms with Crippen molar-refractivity contribution in [1.29, 1.82) is 5.26 Å². The Hall–Kier alpha value is -4.06. The van der Waals surface area contributed by atoms with Gasteiger partial charge in [-0.25, -0.2) is 0 Å². The van der Waals surface area contributed by atoms with Crippen LogP contribution in [-0.2, 0) is 6.18 Å². The third-order valence-corrected chi connectivity index (χ3v) is 13.5. The smallest absolute Gasteiger partial charge is 0.393 e. The molecule has 2 aliphatic rings. The summed E-state index contributed by atoms with van der Waals surface area (Å²) in [6.45, 7) is 7.85. The summed E-state index contributed by atoms with van der Waals surface area (Å²) in [7, 11) is -1.11. The lowest BCUT2D eigenvalue weighted by molar-refractivity contribution is -0.137. The van der Waals surface area contributed by atoms with Crippen LogP contribution in [0.25, 0.3) is 0 Å². The third kappa shape index (κ3) is 7.64. The van der Waals surface area contributed by atoms with Gasteiger partial charge in [-0.3, -0.25) is 0 Å². The number of anilines is 2. The predicted molar refractivity (Wildman–Crippen MR) is 190 cm³/mol. The number of nitriles is 1. The Morgan fingerprint density at radius 1 is 0.812 bits per heavy atom. The molecule has 6 rings (SSSR count). The Kier molecular flexibility index (Phi) is 10.0. The van der Waals surface area contributed by atoms with Gasteiger partial charge >= 0.3 is 6.18 Å². The van der Waals surface area contributed by atoms with Crippen molar-refractivity contribution in [2.45, 2.75) is 62.8 Å². The minimum Gasteiger partial charge on any atom is -0.393 e. The van der Waals surface area contributed by atoms with Gasteiger partial charge < -0.3 is 14.9 Å². The average molecular weight is 667 g/mol. The molecule has 48 heavy (non-hydrogen) atoms. The zero-order chi connectivity index (χ0) is 33.9. The Morgan fingerprint density at radius 2 is 1.38 bits per heavy atom. The minimum atomic E-state index is -4.55. The Morgan fingerprint density at radius 3 is 1.92 bits per heavy atom. The maximum atomic E-state index is 13.5. The van der Waals surface area contributed by atoms with Gasteiger partial charge in [0, 0.05) is 37.6 Å². The van der Waals surface area contributed by atoms with Crippen LogP contribution in [-0.4, -0.2) is 46.2 Å². The molecule has 0 amide bonds. The predicted octanol–water partition coefficient (Wildman–Crippen LogP) is 7.63. The molecule has 4 aromatic rings. The highest BCUT2D eigenvalue weighted by molar-refractivity contribution is 6.87. The highest BCUT2D eigenvalue weighted by Crippen LogP contribution is 2.39. The van der Waals surface area contributed by atoms with Gasteiger partial charge in [-0.2, -0.15) is 18.4 Å². The molecule has 1 N–H and O–H groups in total. The number of piperidine rings is 1. The molecule has 249 valence electrons. The summed E-state index contributed by atoms with van der Waals surface area (Å²) in [5.74, 6) is 0.820. The van der Waals surface area contributed by atoms with Crippen molar-refractivity contribution in [2.24, 2.45) is 5.92 Å². The lowest BCUT2D eigenvalue weighted by atomic mass is 9.87. The quantitative estimate of drug-likeness (QED) is 0.177. The number of rotatable bonds is 10. The summed E-state index contributed by atoms with van der Waals surface area (Å²) >= 11 is 0. The second-order valence-electron chi connectivity index (χ2n) is 14.0. The van der Waals surface area contributed by atoms with Crippen LogP contribution < -0.4 is 20.2 Å². The van der Waals surface area contributed by atoms with Gasteiger partial charge in [0.05, 0.1) is 23.3 Å². The van der Waals surface area contributed by atoms with Crippen molar-refractivity contribution in [1.82, 2.24) is 0 Å². The van der Waals surface area contributed by atoms with Crippen LogP contribution >= 0.6 is 0 Å². The Labute approximate surface area is 284 Å². The first-order valence-corrected chi connectivity index (χ1v) is 18.4. The first kappa shape index (κ1) is 33.8. The third-order valence-electron chi connectivity index (χ3n) is 10.1. The molecule has 1 atom stereocenters. The Bertz CT molecular complexity index is 1650. The summed E-state index contributed by atoms with van der Waals surface area (Å²) in [5, 5.41) is 23.1. The molecule has 2 aliphatic heterocycles. The van der Waals surface area contributed by atoms with E-state index in [2.05, 4.69) is 104 Å². The van der Waals surface area contributed by atoms with E-state index >= 15 is 0 Å². The highest BCUT2D eigenvalue weighted by Gasteiger charge is 2.38. The monoisotopic (exact) mass is 666 g/mol. The van der Waals surface area contributed by atoms with Crippen LogP contribution in [0.15, 0.2) is 103 Å². The number of aliphatic hydroxyl groups is 1.